The van der Waals surface area contributed by atoms with Crippen molar-refractivity contribution in [2.75, 3.05) is 11.9 Å². The van der Waals surface area contributed by atoms with Crippen LogP contribution >= 0.6 is 11.3 Å². The topological polar surface area (TPSA) is 57.6 Å². The summed E-state index contributed by atoms with van der Waals surface area (Å²) < 4.78 is 0. The molecule has 4 nitrogen and oxygen atoms in total. The molecule has 0 atom stereocenters. The molecule has 5 heteroatoms. The van der Waals surface area contributed by atoms with E-state index in [0.717, 1.165) is 21.2 Å². The summed E-state index contributed by atoms with van der Waals surface area (Å²) in [4.78, 5) is 27.2. The molecule has 4 aromatic rings. The molecule has 1 amide bonds. The molecule has 4 rings (SSSR count). The van der Waals surface area contributed by atoms with Gasteiger partial charge in [-0.1, -0.05) is 60.7 Å². The standard InChI is InChI=1S/C23H17NO3S/c1-24(22(25)18-12-11-15-7-5-6-10-17(15)13-18)19-14-20(28-21(19)23(26)27)16-8-3-2-4-9-16/h2-14H,1H3,(H,26,27). The van der Waals surface area contributed by atoms with Crippen molar-refractivity contribution in [2.45, 2.75) is 0 Å². The summed E-state index contributed by atoms with van der Waals surface area (Å²) in [6.45, 7) is 0. The molecule has 1 aromatic heterocycles. The Morgan fingerprint density at radius 1 is 0.857 bits per heavy atom. The summed E-state index contributed by atoms with van der Waals surface area (Å²) in [7, 11) is 1.61. The number of hydrogen-bond donors (Lipinski definition) is 1. The second-order valence-electron chi connectivity index (χ2n) is 6.42. The number of thiophene rings is 1. The second-order valence-corrected chi connectivity index (χ2v) is 7.47. The third-order valence-electron chi connectivity index (χ3n) is 4.63. The van der Waals surface area contributed by atoms with Crippen LogP contribution in [0.15, 0.2) is 78.9 Å². The van der Waals surface area contributed by atoms with E-state index in [0.29, 0.717) is 11.3 Å². The van der Waals surface area contributed by atoms with Gasteiger partial charge in [0.15, 0.2) is 0 Å². The number of nitrogens with zero attached hydrogens (tertiary/aromatic N) is 1. The van der Waals surface area contributed by atoms with Crippen LogP contribution in [0.3, 0.4) is 0 Å². The number of anilines is 1. The number of carboxylic acid groups (broad SMARTS) is 1. The fourth-order valence-electron chi connectivity index (χ4n) is 3.15. The number of benzene rings is 3. The van der Waals surface area contributed by atoms with E-state index in [4.69, 9.17) is 0 Å². The Hall–Kier alpha value is -3.44. The van der Waals surface area contributed by atoms with Crippen LogP contribution in [0.4, 0.5) is 5.69 Å². The Labute approximate surface area is 166 Å². The molecule has 0 saturated carbocycles. The zero-order valence-corrected chi connectivity index (χ0v) is 15.9. The van der Waals surface area contributed by atoms with Gasteiger partial charge in [-0.2, -0.15) is 0 Å². The van der Waals surface area contributed by atoms with E-state index >= 15 is 0 Å². The highest BCUT2D eigenvalue weighted by atomic mass is 32.1. The highest BCUT2D eigenvalue weighted by Crippen LogP contribution is 2.37. The van der Waals surface area contributed by atoms with E-state index in [1.165, 1.54) is 16.2 Å². The maximum absolute atomic E-state index is 13.0. The molecule has 28 heavy (non-hydrogen) atoms. The molecule has 3 aromatic carbocycles. The first-order chi connectivity index (χ1) is 13.5. The van der Waals surface area contributed by atoms with E-state index in [1.54, 1.807) is 19.2 Å². The Bertz CT molecular complexity index is 1180. The number of hydrogen-bond acceptors (Lipinski definition) is 3. The molecule has 0 saturated heterocycles. The van der Waals surface area contributed by atoms with Crippen molar-refractivity contribution in [3.8, 4) is 10.4 Å². The summed E-state index contributed by atoms with van der Waals surface area (Å²) in [5, 5.41) is 11.7. The largest absolute Gasteiger partial charge is 0.477 e. The Balaban J connectivity index is 1.73. The van der Waals surface area contributed by atoms with Crippen molar-refractivity contribution < 1.29 is 14.7 Å². The number of aromatic carboxylic acids is 1. The van der Waals surface area contributed by atoms with Crippen LogP contribution in [0.1, 0.15) is 20.0 Å². The number of carbonyl (C=O) groups excluding carboxylic acids is 1. The molecule has 0 aliphatic heterocycles. The predicted octanol–water partition coefficient (Wildman–Crippen LogP) is 5.54. The number of carboxylic acids is 1. The van der Waals surface area contributed by atoms with Crippen molar-refractivity contribution in [1.29, 1.82) is 0 Å². The lowest BCUT2D eigenvalue weighted by Crippen LogP contribution is -2.27. The molecular formula is C23H17NO3S. The van der Waals surface area contributed by atoms with Crippen LogP contribution < -0.4 is 4.90 Å². The average Bonchev–Trinajstić information content (AvgIpc) is 3.19. The van der Waals surface area contributed by atoms with Gasteiger partial charge in [0.25, 0.3) is 5.91 Å². The molecule has 0 bridgehead atoms. The molecule has 1 N–H and O–H groups in total. The Morgan fingerprint density at radius 3 is 2.25 bits per heavy atom. The minimum absolute atomic E-state index is 0.149. The molecule has 0 radical (unpaired) electrons. The van der Waals surface area contributed by atoms with E-state index in [1.807, 2.05) is 66.7 Å². The van der Waals surface area contributed by atoms with Gasteiger partial charge in [-0.3, -0.25) is 4.79 Å². The summed E-state index contributed by atoms with van der Waals surface area (Å²) in [6, 6.07) is 24.6. The van der Waals surface area contributed by atoms with Crippen molar-refractivity contribution >= 4 is 39.7 Å². The predicted molar refractivity (Wildman–Crippen MR) is 113 cm³/mol. The van der Waals surface area contributed by atoms with Gasteiger partial charge < -0.3 is 10.0 Å². The Morgan fingerprint density at radius 2 is 1.54 bits per heavy atom. The number of carbonyl (C=O) groups is 2. The minimum Gasteiger partial charge on any atom is -0.477 e. The number of fused-ring (bicyclic) bond motifs is 1. The van der Waals surface area contributed by atoms with Crippen molar-refractivity contribution in [1.82, 2.24) is 0 Å². The first-order valence-corrected chi connectivity index (χ1v) is 9.55. The summed E-state index contributed by atoms with van der Waals surface area (Å²) in [5.41, 5.74) is 1.84. The van der Waals surface area contributed by atoms with Gasteiger partial charge >= 0.3 is 5.97 Å². The normalized spacial score (nSPS) is 10.8. The van der Waals surface area contributed by atoms with Crippen molar-refractivity contribution in [3.05, 3.63) is 89.3 Å². The van der Waals surface area contributed by atoms with E-state index < -0.39 is 5.97 Å². The van der Waals surface area contributed by atoms with E-state index in [9.17, 15) is 14.7 Å². The maximum atomic E-state index is 13.0. The molecule has 0 unspecified atom stereocenters. The molecular weight excluding hydrogens is 370 g/mol. The van der Waals surface area contributed by atoms with Gasteiger partial charge in [0, 0.05) is 17.5 Å². The van der Waals surface area contributed by atoms with Crippen LogP contribution in [0, 0.1) is 0 Å². The van der Waals surface area contributed by atoms with Crippen LogP contribution in [0.5, 0.6) is 0 Å². The quantitative estimate of drug-likeness (QED) is 0.500. The lowest BCUT2D eigenvalue weighted by molar-refractivity contribution is 0.0703. The van der Waals surface area contributed by atoms with Crippen LogP contribution in [0.2, 0.25) is 0 Å². The lowest BCUT2D eigenvalue weighted by Gasteiger charge is -2.17. The van der Waals surface area contributed by atoms with Crippen molar-refractivity contribution in [3.63, 3.8) is 0 Å². The Kier molecular flexibility index (Phi) is 4.67. The summed E-state index contributed by atoms with van der Waals surface area (Å²) >= 11 is 1.17. The van der Waals surface area contributed by atoms with Gasteiger partial charge in [-0.15, -0.1) is 11.3 Å². The summed E-state index contributed by atoms with van der Waals surface area (Å²) in [6.07, 6.45) is 0. The molecule has 0 spiro atoms. The van der Waals surface area contributed by atoms with E-state index in [-0.39, 0.29) is 10.8 Å². The molecule has 0 aliphatic carbocycles. The molecule has 0 aliphatic rings. The van der Waals surface area contributed by atoms with Gasteiger partial charge in [-0.25, -0.2) is 4.79 Å². The van der Waals surface area contributed by atoms with Gasteiger partial charge in [0.1, 0.15) is 4.88 Å². The number of rotatable bonds is 4. The van der Waals surface area contributed by atoms with Gasteiger partial charge in [0.05, 0.1) is 5.69 Å². The first kappa shape index (κ1) is 17.9. The highest BCUT2D eigenvalue weighted by molar-refractivity contribution is 7.18. The van der Waals surface area contributed by atoms with Crippen LogP contribution in [-0.2, 0) is 0 Å². The number of amides is 1. The highest BCUT2D eigenvalue weighted by Gasteiger charge is 2.23. The molecule has 1 heterocycles. The SMILES string of the molecule is CN(C(=O)c1ccc2ccccc2c1)c1cc(-c2ccccc2)sc1C(=O)O. The third-order valence-corrected chi connectivity index (χ3v) is 5.79. The van der Waals surface area contributed by atoms with Gasteiger partial charge in [0.2, 0.25) is 0 Å². The van der Waals surface area contributed by atoms with Crippen molar-refractivity contribution in [2.24, 2.45) is 0 Å². The minimum atomic E-state index is -1.04. The van der Waals surface area contributed by atoms with E-state index in [2.05, 4.69) is 0 Å². The monoisotopic (exact) mass is 387 g/mol. The van der Waals surface area contributed by atoms with Crippen LogP contribution in [-0.4, -0.2) is 24.0 Å². The molecule has 138 valence electrons. The fraction of sp³-hybridized carbons (Fsp3) is 0.0435. The smallest absolute Gasteiger partial charge is 0.348 e. The second kappa shape index (κ2) is 7.29. The zero-order chi connectivity index (χ0) is 19.7. The van der Waals surface area contributed by atoms with Gasteiger partial charge in [-0.05, 0) is 34.5 Å². The third kappa shape index (κ3) is 3.28. The average molecular weight is 387 g/mol. The fourth-order valence-corrected chi connectivity index (χ4v) is 4.19. The molecule has 0 fully saturated rings. The van der Waals surface area contributed by atoms with Crippen LogP contribution in [0.25, 0.3) is 21.2 Å². The first-order valence-electron chi connectivity index (χ1n) is 8.74. The lowest BCUT2D eigenvalue weighted by atomic mass is 10.1. The zero-order valence-electron chi connectivity index (χ0n) is 15.1. The maximum Gasteiger partial charge on any atom is 0.348 e. The summed E-state index contributed by atoms with van der Waals surface area (Å²) in [5.74, 6) is -1.29.